The lowest BCUT2D eigenvalue weighted by molar-refractivity contribution is -0.120. The molecular formula is C23H30N4O4. The lowest BCUT2D eigenvalue weighted by Crippen LogP contribution is -2.49. The molecule has 31 heavy (non-hydrogen) atoms. The van der Waals surface area contributed by atoms with Crippen molar-refractivity contribution in [2.75, 3.05) is 24.5 Å². The lowest BCUT2D eigenvalue weighted by atomic mass is 9.89. The standard InChI is InChI=1S/C23H30N4O4/c1-23(2,3)31-22(30)26-10-7-15(8-11-26)16-5-6-17-18(13-16)25(4)14-19(17)27-12-9-20(28)24-21(27)29/h5-6,13-15H,7-12H2,1-4H3,(H,24,28,29). The summed E-state index contributed by atoms with van der Waals surface area (Å²) in [5, 5.41) is 3.38. The minimum absolute atomic E-state index is 0.235. The van der Waals surface area contributed by atoms with E-state index in [-0.39, 0.29) is 18.0 Å². The van der Waals surface area contributed by atoms with Crippen LogP contribution in [0.25, 0.3) is 10.9 Å². The van der Waals surface area contributed by atoms with E-state index in [1.54, 1.807) is 9.80 Å². The van der Waals surface area contributed by atoms with E-state index in [0.717, 1.165) is 29.4 Å². The van der Waals surface area contributed by atoms with Gasteiger partial charge in [0, 0.05) is 44.7 Å². The molecule has 0 aliphatic carbocycles. The fourth-order valence-electron chi connectivity index (χ4n) is 4.36. The van der Waals surface area contributed by atoms with Gasteiger partial charge in [0.15, 0.2) is 0 Å². The largest absolute Gasteiger partial charge is 0.444 e. The highest BCUT2D eigenvalue weighted by Gasteiger charge is 2.29. The van der Waals surface area contributed by atoms with Crippen LogP contribution in [0.5, 0.6) is 0 Å². The van der Waals surface area contributed by atoms with E-state index in [4.69, 9.17) is 4.74 Å². The predicted octanol–water partition coefficient (Wildman–Crippen LogP) is 3.74. The van der Waals surface area contributed by atoms with Crippen LogP contribution in [-0.4, -0.2) is 52.7 Å². The van der Waals surface area contributed by atoms with Crippen molar-refractivity contribution in [3.63, 3.8) is 0 Å². The number of fused-ring (bicyclic) bond motifs is 1. The van der Waals surface area contributed by atoms with Gasteiger partial charge in [-0.15, -0.1) is 0 Å². The number of benzene rings is 1. The summed E-state index contributed by atoms with van der Waals surface area (Å²) in [7, 11) is 1.97. The van der Waals surface area contributed by atoms with Gasteiger partial charge in [0.1, 0.15) is 5.60 Å². The number of aryl methyl sites for hydroxylation is 1. The Morgan fingerprint density at radius 2 is 1.84 bits per heavy atom. The second-order valence-electron chi connectivity index (χ2n) is 9.40. The van der Waals surface area contributed by atoms with Crippen molar-refractivity contribution in [3.05, 3.63) is 30.0 Å². The third kappa shape index (κ3) is 4.38. The summed E-state index contributed by atoms with van der Waals surface area (Å²) in [6, 6.07) is 5.98. The predicted molar refractivity (Wildman–Crippen MR) is 118 cm³/mol. The molecule has 1 aromatic heterocycles. The number of amides is 4. The van der Waals surface area contributed by atoms with Gasteiger partial charge in [-0.1, -0.05) is 12.1 Å². The molecule has 2 aliphatic heterocycles. The number of nitrogens with zero attached hydrogens (tertiary/aromatic N) is 3. The van der Waals surface area contributed by atoms with Crippen LogP contribution in [0, 0.1) is 0 Å². The monoisotopic (exact) mass is 426 g/mol. The molecule has 0 atom stereocenters. The fraction of sp³-hybridized carbons (Fsp3) is 0.522. The summed E-state index contributed by atoms with van der Waals surface area (Å²) < 4.78 is 7.51. The molecule has 4 amide bonds. The van der Waals surface area contributed by atoms with Gasteiger partial charge in [-0.25, -0.2) is 9.59 Å². The third-order valence-electron chi connectivity index (χ3n) is 5.96. The number of urea groups is 1. The number of likely N-dealkylation sites (tertiary alicyclic amines) is 1. The number of carbonyl (C=O) groups excluding carboxylic acids is 3. The molecule has 0 spiro atoms. The number of ether oxygens (including phenoxy) is 1. The Bertz CT molecular complexity index is 1030. The van der Waals surface area contributed by atoms with Crippen LogP contribution in [0.3, 0.4) is 0 Å². The average Bonchev–Trinajstić information content (AvgIpc) is 3.03. The Morgan fingerprint density at radius 3 is 2.48 bits per heavy atom. The maximum atomic E-state index is 12.3. The highest BCUT2D eigenvalue weighted by atomic mass is 16.6. The summed E-state index contributed by atoms with van der Waals surface area (Å²) in [5.41, 5.74) is 2.62. The van der Waals surface area contributed by atoms with Crippen molar-refractivity contribution in [3.8, 4) is 0 Å². The quantitative estimate of drug-likeness (QED) is 0.793. The number of hydrogen-bond donors (Lipinski definition) is 1. The van der Waals surface area contributed by atoms with Crippen LogP contribution in [0.15, 0.2) is 24.4 Å². The second-order valence-corrected chi connectivity index (χ2v) is 9.40. The zero-order valence-electron chi connectivity index (χ0n) is 18.6. The number of nitrogens with one attached hydrogen (secondary N) is 1. The lowest BCUT2D eigenvalue weighted by Gasteiger charge is -2.33. The van der Waals surface area contributed by atoms with Crippen LogP contribution in [0.2, 0.25) is 0 Å². The van der Waals surface area contributed by atoms with Crippen molar-refractivity contribution in [1.82, 2.24) is 14.8 Å². The zero-order chi connectivity index (χ0) is 22.3. The van der Waals surface area contributed by atoms with Crippen LogP contribution >= 0.6 is 0 Å². The van der Waals surface area contributed by atoms with Gasteiger partial charge in [0.25, 0.3) is 0 Å². The molecule has 0 bridgehead atoms. The van der Waals surface area contributed by atoms with Gasteiger partial charge in [-0.05, 0) is 51.2 Å². The topological polar surface area (TPSA) is 83.9 Å². The first-order valence-corrected chi connectivity index (χ1v) is 10.8. The number of aromatic nitrogens is 1. The minimum atomic E-state index is -0.484. The number of piperidine rings is 1. The molecule has 1 aromatic carbocycles. The highest BCUT2D eigenvalue weighted by Crippen LogP contribution is 2.35. The molecule has 2 aliphatic rings. The van der Waals surface area contributed by atoms with Crippen LogP contribution in [-0.2, 0) is 16.6 Å². The van der Waals surface area contributed by atoms with E-state index < -0.39 is 5.60 Å². The van der Waals surface area contributed by atoms with E-state index in [2.05, 4.69) is 23.5 Å². The van der Waals surface area contributed by atoms with Crippen LogP contribution in [0.4, 0.5) is 15.3 Å². The molecule has 8 heteroatoms. The minimum Gasteiger partial charge on any atom is -0.444 e. The number of anilines is 1. The van der Waals surface area contributed by atoms with Gasteiger partial charge in [-0.3, -0.25) is 15.0 Å². The van der Waals surface area contributed by atoms with Crippen molar-refractivity contribution in [2.24, 2.45) is 7.05 Å². The second kappa shape index (κ2) is 7.90. The molecule has 8 nitrogen and oxygen atoms in total. The number of carbonyl (C=O) groups is 3. The summed E-state index contributed by atoms with van der Waals surface area (Å²) in [6.45, 7) is 7.38. The molecule has 166 valence electrons. The molecule has 0 saturated carbocycles. The van der Waals surface area contributed by atoms with E-state index in [0.29, 0.717) is 32.0 Å². The fourth-order valence-corrected chi connectivity index (χ4v) is 4.36. The van der Waals surface area contributed by atoms with E-state index >= 15 is 0 Å². The third-order valence-corrected chi connectivity index (χ3v) is 5.96. The summed E-state index contributed by atoms with van der Waals surface area (Å²) >= 11 is 0. The van der Waals surface area contributed by atoms with Gasteiger partial charge in [-0.2, -0.15) is 0 Å². The molecule has 3 heterocycles. The van der Waals surface area contributed by atoms with E-state index in [1.165, 1.54) is 5.56 Å². The van der Waals surface area contributed by atoms with Crippen molar-refractivity contribution in [2.45, 2.75) is 51.6 Å². The molecule has 0 radical (unpaired) electrons. The SMILES string of the molecule is Cn1cc(N2CCC(=O)NC2=O)c2ccc(C3CCN(C(=O)OC(C)(C)C)CC3)cc21. The average molecular weight is 427 g/mol. The first-order chi connectivity index (χ1) is 14.6. The first kappa shape index (κ1) is 21.2. The highest BCUT2D eigenvalue weighted by molar-refractivity contribution is 6.10. The zero-order valence-corrected chi connectivity index (χ0v) is 18.6. The molecule has 2 saturated heterocycles. The number of hydrogen-bond acceptors (Lipinski definition) is 4. The summed E-state index contributed by atoms with van der Waals surface area (Å²) in [5.74, 6) is 0.138. The number of rotatable bonds is 2. The first-order valence-electron chi connectivity index (χ1n) is 10.8. The molecule has 4 rings (SSSR count). The normalized spacial score (nSPS) is 18.5. The Labute approximate surface area is 182 Å². The molecule has 1 N–H and O–H groups in total. The van der Waals surface area contributed by atoms with Gasteiger partial charge in [0.05, 0.1) is 11.2 Å². The molecule has 2 aromatic rings. The molecular weight excluding hydrogens is 396 g/mol. The van der Waals surface area contributed by atoms with E-state index in [9.17, 15) is 14.4 Å². The van der Waals surface area contributed by atoms with Gasteiger partial charge >= 0.3 is 12.1 Å². The summed E-state index contributed by atoms with van der Waals surface area (Å²) in [6.07, 6.45) is 3.77. The Balaban J connectivity index is 1.49. The molecule has 2 fully saturated rings. The van der Waals surface area contributed by atoms with Crippen LogP contribution < -0.4 is 10.2 Å². The Kier molecular flexibility index (Phi) is 5.41. The number of imide groups is 1. The maximum absolute atomic E-state index is 12.3. The van der Waals surface area contributed by atoms with Crippen molar-refractivity contribution in [1.29, 1.82) is 0 Å². The molecule has 0 unspecified atom stereocenters. The van der Waals surface area contributed by atoms with Crippen LogP contribution in [0.1, 0.15) is 51.5 Å². The smallest absolute Gasteiger partial charge is 0.410 e. The van der Waals surface area contributed by atoms with E-state index in [1.807, 2.05) is 38.6 Å². The van der Waals surface area contributed by atoms with Gasteiger partial charge in [0.2, 0.25) is 5.91 Å². The van der Waals surface area contributed by atoms with Crippen molar-refractivity contribution >= 4 is 34.6 Å². The van der Waals surface area contributed by atoms with Gasteiger partial charge < -0.3 is 14.2 Å². The van der Waals surface area contributed by atoms with Crippen molar-refractivity contribution < 1.29 is 19.1 Å². The summed E-state index contributed by atoms with van der Waals surface area (Å²) in [4.78, 5) is 39.5. The maximum Gasteiger partial charge on any atom is 0.410 e. The Hall–Kier alpha value is -3.03. The Morgan fingerprint density at radius 1 is 1.13 bits per heavy atom.